The summed E-state index contributed by atoms with van der Waals surface area (Å²) in [7, 11) is 1.89. The minimum atomic E-state index is -0.766. The molecule has 1 fully saturated rings. The quantitative estimate of drug-likeness (QED) is 0.468. The Morgan fingerprint density at radius 3 is 2.66 bits per heavy atom. The van der Waals surface area contributed by atoms with Gasteiger partial charge in [-0.3, -0.25) is 4.79 Å². The number of amides is 1. The van der Waals surface area contributed by atoms with Crippen LogP contribution in [0.15, 0.2) is 30.6 Å². The average molecular weight is 441 g/mol. The molecule has 0 bridgehead atoms. The molecule has 0 saturated heterocycles. The van der Waals surface area contributed by atoms with Gasteiger partial charge in [0.1, 0.15) is 11.5 Å². The Morgan fingerprint density at radius 2 is 1.97 bits per heavy atom. The largest absolute Gasteiger partial charge is 0.373 e. The number of primary amides is 1. The smallest absolute Gasteiger partial charge is 0.365 e. The van der Waals surface area contributed by atoms with Gasteiger partial charge in [0, 0.05) is 36.9 Å². The number of nitrogens with two attached hydrogens (primary N) is 2. The lowest BCUT2D eigenvalue weighted by Gasteiger charge is -2.30. The van der Waals surface area contributed by atoms with Gasteiger partial charge < -0.3 is 26.7 Å². The standard InChI is InChI=1S/C20H24FN7O.CO2/c1-28-9-7-11-15(6-8-24-20(11)28)25-18-12(17(23)29)10-13(21)19(27-18)26-16-5-3-2-4-14(16)22;2-1-3/h6-10,14,16H,2-5,22H2,1H3,(H2,23,29)(H2,24,25,26,27);/t14-,16?;/m0./s1. The van der Waals surface area contributed by atoms with Gasteiger partial charge in [0.2, 0.25) is 0 Å². The summed E-state index contributed by atoms with van der Waals surface area (Å²) < 4.78 is 16.5. The van der Waals surface area contributed by atoms with Crippen molar-refractivity contribution in [1.82, 2.24) is 14.5 Å². The molecule has 3 aromatic rings. The van der Waals surface area contributed by atoms with Crippen LogP contribution in [0.1, 0.15) is 36.0 Å². The Kier molecular flexibility index (Phi) is 7.14. The molecule has 0 aromatic carbocycles. The molecule has 1 unspecified atom stereocenters. The van der Waals surface area contributed by atoms with Crippen LogP contribution in [0.25, 0.3) is 11.0 Å². The maximum absolute atomic E-state index is 14.7. The first-order valence-corrected chi connectivity index (χ1v) is 10.0. The molecular weight excluding hydrogens is 417 g/mol. The molecule has 4 rings (SSSR count). The van der Waals surface area contributed by atoms with Gasteiger partial charge >= 0.3 is 6.15 Å². The molecule has 3 aromatic heterocycles. The minimum Gasteiger partial charge on any atom is -0.365 e. The van der Waals surface area contributed by atoms with Crippen LogP contribution in [0, 0.1) is 5.82 Å². The van der Waals surface area contributed by atoms with E-state index in [0.29, 0.717) is 5.69 Å². The van der Waals surface area contributed by atoms with Gasteiger partial charge in [-0.25, -0.2) is 14.4 Å². The van der Waals surface area contributed by atoms with E-state index in [-0.39, 0.29) is 35.4 Å². The topological polar surface area (TPSA) is 158 Å². The van der Waals surface area contributed by atoms with Crippen molar-refractivity contribution in [2.24, 2.45) is 18.5 Å². The maximum atomic E-state index is 14.7. The Bertz CT molecular complexity index is 1160. The SMILES string of the molecule is Cn1ccc2c(Nc3nc(NC4CCCC[C@@H]4N)c(F)cc3C(N)=O)ccnc21.O=C=O. The van der Waals surface area contributed by atoms with E-state index < -0.39 is 11.7 Å². The molecule has 1 aliphatic rings. The molecule has 11 heteroatoms. The van der Waals surface area contributed by atoms with Crippen molar-refractivity contribution in [3.63, 3.8) is 0 Å². The van der Waals surface area contributed by atoms with Gasteiger partial charge in [-0.05, 0) is 31.0 Å². The molecule has 6 N–H and O–H groups in total. The van der Waals surface area contributed by atoms with E-state index in [2.05, 4.69) is 20.6 Å². The fourth-order valence-corrected chi connectivity index (χ4v) is 3.79. The highest BCUT2D eigenvalue weighted by atomic mass is 19.1. The summed E-state index contributed by atoms with van der Waals surface area (Å²) in [5.74, 6) is -1.17. The second kappa shape index (κ2) is 9.99. The number of halogens is 1. The number of pyridine rings is 2. The molecule has 10 nitrogen and oxygen atoms in total. The molecular formula is C21H24FN7O3. The first-order chi connectivity index (χ1) is 15.3. The van der Waals surface area contributed by atoms with Gasteiger partial charge in [-0.1, -0.05) is 12.8 Å². The lowest BCUT2D eigenvalue weighted by atomic mass is 9.91. The third-order valence-electron chi connectivity index (χ3n) is 5.40. The number of hydrogen-bond acceptors (Lipinski definition) is 8. The van der Waals surface area contributed by atoms with Gasteiger partial charge in [0.25, 0.3) is 5.91 Å². The maximum Gasteiger partial charge on any atom is 0.373 e. The van der Waals surface area contributed by atoms with Crippen LogP contribution in [0.4, 0.5) is 21.7 Å². The Balaban J connectivity index is 0.000000913. The fraction of sp³-hybridized carbons (Fsp3) is 0.333. The van der Waals surface area contributed by atoms with E-state index in [4.69, 9.17) is 21.1 Å². The van der Waals surface area contributed by atoms with Crippen molar-refractivity contribution in [1.29, 1.82) is 0 Å². The average Bonchev–Trinajstić information content (AvgIpc) is 3.14. The van der Waals surface area contributed by atoms with E-state index in [9.17, 15) is 9.18 Å². The molecule has 0 radical (unpaired) electrons. The number of carbonyl (C=O) groups is 1. The van der Waals surface area contributed by atoms with E-state index >= 15 is 0 Å². The number of anilines is 3. The van der Waals surface area contributed by atoms with Gasteiger partial charge in [0.15, 0.2) is 11.6 Å². The highest BCUT2D eigenvalue weighted by Gasteiger charge is 2.24. The molecule has 2 atom stereocenters. The molecule has 168 valence electrons. The van der Waals surface area contributed by atoms with Crippen LogP contribution in [-0.2, 0) is 16.6 Å². The highest BCUT2D eigenvalue weighted by Crippen LogP contribution is 2.29. The van der Waals surface area contributed by atoms with E-state index in [1.54, 1.807) is 12.3 Å². The highest BCUT2D eigenvalue weighted by molar-refractivity contribution is 6.00. The molecule has 3 heterocycles. The first kappa shape index (κ1) is 22.9. The molecule has 1 saturated carbocycles. The Labute approximate surface area is 183 Å². The van der Waals surface area contributed by atoms with Crippen molar-refractivity contribution in [2.45, 2.75) is 37.8 Å². The van der Waals surface area contributed by atoms with Crippen LogP contribution < -0.4 is 22.1 Å². The third kappa shape index (κ3) is 4.90. The molecule has 1 aliphatic carbocycles. The van der Waals surface area contributed by atoms with Crippen LogP contribution in [0.3, 0.4) is 0 Å². The van der Waals surface area contributed by atoms with Crippen molar-refractivity contribution in [3.8, 4) is 0 Å². The van der Waals surface area contributed by atoms with Crippen LogP contribution in [-0.4, -0.2) is 38.7 Å². The lowest BCUT2D eigenvalue weighted by molar-refractivity contribution is -0.191. The zero-order chi connectivity index (χ0) is 23.3. The number of aryl methyl sites for hydroxylation is 1. The number of carbonyl (C=O) groups excluding carboxylic acids is 3. The summed E-state index contributed by atoms with van der Waals surface area (Å²) in [6, 6.07) is 4.64. The van der Waals surface area contributed by atoms with Gasteiger partial charge in [-0.2, -0.15) is 9.59 Å². The molecule has 1 amide bonds. The first-order valence-electron chi connectivity index (χ1n) is 10.0. The van der Waals surface area contributed by atoms with E-state index in [1.807, 2.05) is 23.9 Å². The Morgan fingerprint density at radius 1 is 1.25 bits per heavy atom. The fourth-order valence-electron chi connectivity index (χ4n) is 3.79. The summed E-state index contributed by atoms with van der Waals surface area (Å²) in [6.07, 6.45) is 7.61. The normalized spacial score (nSPS) is 17.7. The summed E-state index contributed by atoms with van der Waals surface area (Å²) in [4.78, 5) is 36.8. The lowest BCUT2D eigenvalue weighted by Crippen LogP contribution is -2.43. The minimum absolute atomic E-state index is 0.0260. The van der Waals surface area contributed by atoms with Crippen molar-refractivity contribution in [3.05, 3.63) is 42.0 Å². The number of hydrogen-bond donors (Lipinski definition) is 4. The van der Waals surface area contributed by atoms with Crippen LogP contribution >= 0.6 is 0 Å². The predicted molar refractivity (Wildman–Crippen MR) is 116 cm³/mol. The summed E-state index contributed by atoms with van der Waals surface area (Å²) in [5, 5.41) is 7.08. The second-order valence-corrected chi connectivity index (χ2v) is 7.51. The van der Waals surface area contributed by atoms with Gasteiger partial charge in [0.05, 0.1) is 11.3 Å². The third-order valence-corrected chi connectivity index (χ3v) is 5.40. The number of rotatable bonds is 5. The molecule has 0 spiro atoms. The molecule has 0 aliphatic heterocycles. The monoisotopic (exact) mass is 441 g/mol. The zero-order valence-corrected chi connectivity index (χ0v) is 17.5. The van der Waals surface area contributed by atoms with E-state index in [1.165, 1.54) is 0 Å². The van der Waals surface area contributed by atoms with Crippen molar-refractivity contribution >= 4 is 40.4 Å². The van der Waals surface area contributed by atoms with Crippen molar-refractivity contribution < 1.29 is 18.8 Å². The predicted octanol–water partition coefficient (Wildman–Crippen LogP) is 2.05. The Hall–Kier alpha value is -3.82. The zero-order valence-electron chi connectivity index (χ0n) is 17.5. The second-order valence-electron chi connectivity index (χ2n) is 7.51. The number of aromatic nitrogens is 3. The summed E-state index contributed by atoms with van der Waals surface area (Å²) >= 11 is 0. The molecule has 32 heavy (non-hydrogen) atoms. The van der Waals surface area contributed by atoms with Crippen LogP contribution in [0.2, 0.25) is 0 Å². The number of fused-ring (bicyclic) bond motifs is 1. The summed E-state index contributed by atoms with van der Waals surface area (Å²) in [5.41, 5.74) is 13.1. The number of nitrogens with one attached hydrogen (secondary N) is 2. The van der Waals surface area contributed by atoms with Crippen molar-refractivity contribution in [2.75, 3.05) is 10.6 Å². The number of nitrogens with zero attached hydrogens (tertiary/aromatic N) is 3. The summed E-state index contributed by atoms with van der Waals surface area (Å²) in [6.45, 7) is 0. The van der Waals surface area contributed by atoms with Gasteiger partial charge in [-0.15, -0.1) is 0 Å². The van der Waals surface area contributed by atoms with E-state index in [0.717, 1.165) is 42.8 Å². The van der Waals surface area contributed by atoms with Crippen LogP contribution in [0.5, 0.6) is 0 Å².